The van der Waals surface area contributed by atoms with Crippen LogP contribution >= 0.6 is 0 Å². The lowest BCUT2D eigenvalue weighted by Gasteiger charge is -2.28. The van der Waals surface area contributed by atoms with E-state index in [2.05, 4.69) is 57.8 Å². The molecule has 180 valence electrons. The molecule has 0 saturated carbocycles. The average Bonchev–Trinajstić information content (AvgIpc) is 3.53. The number of carbonyl (C=O) groups is 1. The number of aliphatic imine (C=N–C) groups is 1. The van der Waals surface area contributed by atoms with E-state index < -0.39 is 0 Å². The molecule has 0 bridgehead atoms. The van der Waals surface area contributed by atoms with Crippen LogP contribution in [0.15, 0.2) is 102 Å². The Labute approximate surface area is 210 Å². The number of anilines is 1. The molecular weight excluding hydrogens is 446 g/mol. The summed E-state index contributed by atoms with van der Waals surface area (Å²) in [4.78, 5) is 28.1. The average molecular weight is 476 g/mol. The standard InChI is InChI=1S/C30H29N5O/c36-30-34-29(33-26(22-12-6-2-7-13-22)18-21-10-4-1-5-11-21)28(23-14-8-3-9-15-23)35(30)24-16-17-25-27(19-24)32-20-31-25/h1-2,4-7,10-14,16-17,19-20,26,28H,3,8-9,15,18H2,(H,31,32)(H,33,34,36). The number of amides is 2. The molecule has 4 aromatic rings. The van der Waals surface area contributed by atoms with Crippen LogP contribution in [0, 0.1) is 0 Å². The first-order valence-electron chi connectivity index (χ1n) is 12.6. The minimum absolute atomic E-state index is 0.107. The van der Waals surface area contributed by atoms with Gasteiger partial charge in [-0.2, -0.15) is 0 Å². The number of imidazole rings is 1. The maximum atomic E-state index is 13.5. The SMILES string of the molecule is O=C1NC(=NC(Cc2ccccc2)c2ccccc2)C(C2=CCCCC2)N1c1ccc2[nH]cnc2c1. The summed E-state index contributed by atoms with van der Waals surface area (Å²) in [7, 11) is 0. The highest BCUT2D eigenvalue weighted by atomic mass is 16.2. The maximum absolute atomic E-state index is 13.5. The summed E-state index contributed by atoms with van der Waals surface area (Å²) in [6.07, 6.45) is 9.06. The van der Waals surface area contributed by atoms with Crippen LogP contribution in [-0.4, -0.2) is 27.9 Å². The van der Waals surface area contributed by atoms with Gasteiger partial charge in [0.25, 0.3) is 0 Å². The molecule has 1 aliphatic carbocycles. The van der Waals surface area contributed by atoms with Gasteiger partial charge in [-0.3, -0.25) is 15.2 Å². The molecule has 2 heterocycles. The van der Waals surface area contributed by atoms with Crippen molar-refractivity contribution in [2.45, 2.75) is 44.2 Å². The Balaban J connectivity index is 1.43. The fraction of sp³-hybridized carbons (Fsp3) is 0.233. The molecule has 1 aliphatic heterocycles. The van der Waals surface area contributed by atoms with Crippen molar-refractivity contribution in [3.05, 3.63) is 108 Å². The van der Waals surface area contributed by atoms with Crippen molar-refractivity contribution >= 4 is 28.6 Å². The van der Waals surface area contributed by atoms with Crippen LogP contribution in [0.2, 0.25) is 0 Å². The van der Waals surface area contributed by atoms with Gasteiger partial charge in [0.1, 0.15) is 11.9 Å². The molecule has 1 fully saturated rings. The zero-order valence-corrected chi connectivity index (χ0v) is 20.1. The number of fused-ring (bicyclic) bond motifs is 1. The number of H-pyrrole nitrogens is 1. The van der Waals surface area contributed by atoms with Crippen LogP contribution in [0.1, 0.15) is 42.9 Å². The molecule has 2 aliphatic rings. The van der Waals surface area contributed by atoms with Crippen LogP contribution in [0.3, 0.4) is 0 Å². The topological polar surface area (TPSA) is 73.4 Å². The Morgan fingerprint density at radius 2 is 1.81 bits per heavy atom. The molecule has 2 amide bonds. The molecule has 2 atom stereocenters. The van der Waals surface area contributed by atoms with Gasteiger partial charge in [0.2, 0.25) is 0 Å². The number of rotatable bonds is 6. The zero-order valence-electron chi connectivity index (χ0n) is 20.1. The summed E-state index contributed by atoms with van der Waals surface area (Å²) in [6, 6.07) is 26.2. The lowest BCUT2D eigenvalue weighted by Crippen LogP contribution is -2.37. The second-order valence-corrected chi connectivity index (χ2v) is 9.46. The van der Waals surface area contributed by atoms with E-state index in [0.717, 1.165) is 53.8 Å². The van der Waals surface area contributed by atoms with Crippen molar-refractivity contribution < 1.29 is 4.79 Å². The Bertz CT molecular complexity index is 1420. The van der Waals surface area contributed by atoms with Crippen molar-refractivity contribution in [3.8, 4) is 0 Å². The third-order valence-electron chi connectivity index (χ3n) is 7.08. The van der Waals surface area contributed by atoms with Gasteiger partial charge < -0.3 is 4.98 Å². The van der Waals surface area contributed by atoms with E-state index >= 15 is 0 Å². The number of hydrogen-bond donors (Lipinski definition) is 2. The van der Waals surface area contributed by atoms with Gasteiger partial charge in [-0.1, -0.05) is 66.7 Å². The molecule has 0 radical (unpaired) electrons. The number of carbonyl (C=O) groups excluding carboxylic acids is 1. The highest BCUT2D eigenvalue weighted by molar-refractivity contribution is 6.18. The molecular formula is C30H29N5O. The van der Waals surface area contributed by atoms with Crippen LogP contribution in [0.25, 0.3) is 11.0 Å². The van der Waals surface area contributed by atoms with Crippen molar-refractivity contribution in [3.63, 3.8) is 0 Å². The van der Waals surface area contributed by atoms with E-state index in [1.165, 1.54) is 17.6 Å². The molecule has 2 N–H and O–H groups in total. The first kappa shape index (κ1) is 22.3. The van der Waals surface area contributed by atoms with Crippen LogP contribution in [0.5, 0.6) is 0 Å². The summed E-state index contributed by atoms with van der Waals surface area (Å²) < 4.78 is 0. The van der Waals surface area contributed by atoms with E-state index in [1.807, 2.05) is 47.4 Å². The highest BCUT2D eigenvalue weighted by Gasteiger charge is 2.40. The number of hydrogen-bond acceptors (Lipinski definition) is 3. The summed E-state index contributed by atoms with van der Waals surface area (Å²) in [5.74, 6) is 0.722. The van der Waals surface area contributed by atoms with Gasteiger partial charge in [0, 0.05) is 5.69 Å². The normalized spacial score (nSPS) is 19.9. The molecule has 3 aromatic carbocycles. The van der Waals surface area contributed by atoms with Gasteiger partial charge in [-0.05, 0) is 67.0 Å². The third-order valence-corrected chi connectivity index (χ3v) is 7.08. The number of urea groups is 1. The summed E-state index contributed by atoms with van der Waals surface area (Å²) >= 11 is 0. The molecule has 2 unspecified atom stereocenters. The van der Waals surface area contributed by atoms with Crippen LogP contribution in [-0.2, 0) is 6.42 Å². The van der Waals surface area contributed by atoms with E-state index in [1.54, 1.807) is 6.33 Å². The van der Waals surface area contributed by atoms with Crippen molar-refractivity contribution in [2.24, 2.45) is 4.99 Å². The van der Waals surface area contributed by atoms with Crippen molar-refractivity contribution in [1.29, 1.82) is 0 Å². The fourth-order valence-electron chi connectivity index (χ4n) is 5.29. The van der Waals surface area contributed by atoms with Crippen molar-refractivity contribution in [1.82, 2.24) is 15.3 Å². The lowest BCUT2D eigenvalue weighted by molar-refractivity contribution is 0.253. The number of allylic oxidation sites excluding steroid dienone is 1. The Kier molecular flexibility index (Phi) is 6.08. The molecule has 6 heteroatoms. The molecule has 6 nitrogen and oxygen atoms in total. The number of aromatic nitrogens is 2. The predicted octanol–water partition coefficient (Wildman–Crippen LogP) is 6.34. The minimum atomic E-state index is -0.240. The van der Waals surface area contributed by atoms with Crippen LogP contribution in [0.4, 0.5) is 10.5 Å². The monoisotopic (exact) mass is 475 g/mol. The van der Waals surface area contributed by atoms with Gasteiger partial charge in [0.15, 0.2) is 0 Å². The summed E-state index contributed by atoms with van der Waals surface area (Å²) in [5.41, 5.74) is 6.23. The second-order valence-electron chi connectivity index (χ2n) is 9.46. The van der Waals surface area contributed by atoms with Crippen molar-refractivity contribution in [2.75, 3.05) is 4.90 Å². The molecule has 36 heavy (non-hydrogen) atoms. The third kappa shape index (κ3) is 4.42. The Hall–Kier alpha value is -4.19. The second kappa shape index (κ2) is 9.82. The van der Waals surface area contributed by atoms with E-state index in [4.69, 9.17) is 4.99 Å². The van der Waals surface area contributed by atoms with Gasteiger partial charge in [-0.25, -0.2) is 9.78 Å². The smallest absolute Gasteiger partial charge is 0.328 e. The Morgan fingerprint density at radius 1 is 1.00 bits per heavy atom. The lowest BCUT2D eigenvalue weighted by atomic mass is 9.92. The predicted molar refractivity (Wildman–Crippen MR) is 144 cm³/mol. The zero-order chi connectivity index (χ0) is 24.3. The number of aromatic amines is 1. The largest absolute Gasteiger partial charge is 0.345 e. The molecule has 1 aromatic heterocycles. The number of amidine groups is 1. The van der Waals surface area contributed by atoms with Crippen LogP contribution < -0.4 is 10.2 Å². The number of benzene rings is 3. The quantitative estimate of drug-likeness (QED) is 0.319. The maximum Gasteiger partial charge on any atom is 0.328 e. The van der Waals surface area contributed by atoms with Gasteiger partial charge in [-0.15, -0.1) is 0 Å². The van der Waals surface area contributed by atoms with E-state index in [0.29, 0.717) is 0 Å². The van der Waals surface area contributed by atoms with E-state index in [9.17, 15) is 4.79 Å². The summed E-state index contributed by atoms with van der Waals surface area (Å²) in [6.45, 7) is 0. The first-order chi connectivity index (χ1) is 17.8. The van der Waals surface area contributed by atoms with E-state index in [-0.39, 0.29) is 18.1 Å². The van der Waals surface area contributed by atoms with Gasteiger partial charge in [0.05, 0.1) is 23.4 Å². The Morgan fingerprint density at radius 3 is 2.58 bits per heavy atom. The molecule has 0 spiro atoms. The number of nitrogens with one attached hydrogen (secondary N) is 2. The summed E-state index contributed by atoms with van der Waals surface area (Å²) in [5, 5.41) is 3.15. The molecule has 1 saturated heterocycles. The fourth-order valence-corrected chi connectivity index (χ4v) is 5.29. The minimum Gasteiger partial charge on any atom is -0.345 e. The molecule has 6 rings (SSSR count). The van der Waals surface area contributed by atoms with Gasteiger partial charge >= 0.3 is 6.03 Å². The number of nitrogens with zero attached hydrogens (tertiary/aromatic N) is 3. The highest BCUT2D eigenvalue weighted by Crippen LogP contribution is 2.33. The first-order valence-corrected chi connectivity index (χ1v) is 12.6.